The van der Waals surface area contributed by atoms with Crippen LogP contribution in [0.1, 0.15) is 27.0 Å². The zero-order valence-corrected chi connectivity index (χ0v) is 13.2. The fourth-order valence-corrected chi connectivity index (χ4v) is 2.47. The molecule has 104 valence electrons. The van der Waals surface area contributed by atoms with Gasteiger partial charge in [-0.15, -0.1) is 0 Å². The van der Waals surface area contributed by atoms with Crippen LogP contribution in [0.5, 0.6) is 0 Å². The highest BCUT2D eigenvalue weighted by Gasteiger charge is 2.09. The molecule has 0 saturated heterocycles. The number of hydrogen-bond acceptors (Lipinski definition) is 2. The zero-order valence-electron chi connectivity index (χ0n) is 11.7. The van der Waals surface area contributed by atoms with Crippen molar-refractivity contribution in [2.24, 2.45) is 0 Å². The number of aryl methyl sites for hydroxylation is 2. The lowest BCUT2D eigenvalue weighted by Gasteiger charge is -2.08. The molecule has 0 unspecified atom stereocenters. The van der Waals surface area contributed by atoms with Crippen LogP contribution in [-0.2, 0) is 11.3 Å². The first-order valence-electron chi connectivity index (χ1n) is 6.49. The lowest BCUT2D eigenvalue weighted by molar-refractivity contribution is 0.0725. The molecule has 0 heterocycles. The van der Waals surface area contributed by atoms with Crippen LogP contribution in [-0.4, -0.2) is 12.4 Å². The van der Waals surface area contributed by atoms with E-state index in [1.165, 1.54) is 0 Å². The minimum atomic E-state index is 0.0227. The summed E-state index contributed by atoms with van der Waals surface area (Å²) in [5.74, 6) is 0.0227. The van der Waals surface area contributed by atoms with Crippen LogP contribution in [0.25, 0.3) is 0 Å². The van der Waals surface area contributed by atoms with Crippen LogP contribution in [0.2, 0.25) is 0 Å². The van der Waals surface area contributed by atoms with Crippen LogP contribution >= 0.6 is 15.9 Å². The second kappa shape index (κ2) is 6.82. The third-order valence-corrected chi connectivity index (χ3v) is 3.90. The molecule has 0 amide bonds. The molecule has 2 rings (SSSR count). The summed E-state index contributed by atoms with van der Waals surface area (Å²) in [6.45, 7) is 4.50. The fraction of sp³-hybridized carbons (Fsp3) is 0.235. The molecule has 2 nitrogen and oxygen atoms in total. The fourth-order valence-electron chi connectivity index (χ4n) is 2.07. The largest absolute Gasteiger partial charge is 0.369 e. The van der Waals surface area contributed by atoms with Crippen LogP contribution in [0.4, 0.5) is 0 Å². The summed E-state index contributed by atoms with van der Waals surface area (Å²) in [6, 6.07) is 13.7. The molecule has 3 heteroatoms. The van der Waals surface area contributed by atoms with Crippen molar-refractivity contribution in [3.05, 3.63) is 69.2 Å². The van der Waals surface area contributed by atoms with Crippen LogP contribution in [0, 0.1) is 13.8 Å². The quantitative estimate of drug-likeness (QED) is 0.755. The molecule has 0 aliphatic heterocycles. The Kier molecular flexibility index (Phi) is 5.10. The van der Waals surface area contributed by atoms with E-state index in [0.717, 1.165) is 26.7 Å². The Balaban J connectivity index is 1.94. The molecule has 0 saturated carbocycles. The van der Waals surface area contributed by atoms with Gasteiger partial charge in [0, 0.05) is 10.0 Å². The van der Waals surface area contributed by atoms with Gasteiger partial charge in [-0.2, -0.15) is 0 Å². The summed E-state index contributed by atoms with van der Waals surface area (Å²) in [5.41, 5.74) is 3.94. The SMILES string of the molecule is Cc1ccc(C(=O)COCc2ccccc2Br)c(C)c1. The summed E-state index contributed by atoms with van der Waals surface area (Å²) in [4.78, 5) is 12.1. The molecule has 0 radical (unpaired) electrons. The van der Waals surface area contributed by atoms with Gasteiger partial charge in [-0.25, -0.2) is 0 Å². The molecule has 0 fully saturated rings. The Morgan fingerprint density at radius 1 is 1.15 bits per heavy atom. The monoisotopic (exact) mass is 332 g/mol. The summed E-state index contributed by atoms with van der Waals surface area (Å²) >= 11 is 3.46. The first-order valence-corrected chi connectivity index (χ1v) is 7.29. The minimum Gasteiger partial charge on any atom is -0.369 e. The number of halogens is 1. The lowest BCUT2D eigenvalue weighted by Crippen LogP contribution is -2.10. The van der Waals surface area contributed by atoms with Gasteiger partial charge in [-0.1, -0.05) is 57.9 Å². The van der Waals surface area contributed by atoms with Gasteiger partial charge in [0.1, 0.15) is 6.61 Å². The van der Waals surface area contributed by atoms with E-state index in [-0.39, 0.29) is 12.4 Å². The predicted molar refractivity (Wildman–Crippen MR) is 84.0 cm³/mol. The highest BCUT2D eigenvalue weighted by Crippen LogP contribution is 2.17. The molecular formula is C17H17BrO2. The van der Waals surface area contributed by atoms with Gasteiger partial charge in [0.15, 0.2) is 5.78 Å². The highest BCUT2D eigenvalue weighted by atomic mass is 79.9. The van der Waals surface area contributed by atoms with E-state index >= 15 is 0 Å². The molecule has 0 spiro atoms. The van der Waals surface area contributed by atoms with Crippen molar-refractivity contribution in [2.75, 3.05) is 6.61 Å². The standard InChI is InChI=1S/C17H17BrO2/c1-12-7-8-15(13(2)9-12)17(19)11-20-10-14-5-3-4-6-16(14)18/h3-9H,10-11H2,1-2H3. The molecular weight excluding hydrogens is 316 g/mol. The number of hydrogen-bond donors (Lipinski definition) is 0. The van der Waals surface area contributed by atoms with Crippen LogP contribution in [0.3, 0.4) is 0 Å². The Morgan fingerprint density at radius 2 is 1.90 bits per heavy atom. The maximum absolute atomic E-state index is 12.1. The van der Waals surface area contributed by atoms with E-state index in [4.69, 9.17) is 4.74 Å². The number of benzene rings is 2. The van der Waals surface area contributed by atoms with Crippen molar-refractivity contribution < 1.29 is 9.53 Å². The Bertz CT molecular complexity index is 620. The van der Waals surface area contributed by atoms with E-state index in [0.29, 0.717) is 6.61 Å². The third kappa shape index (κ3) is 3.78. The van der Waals surface area contributed by atoms with E-state index in [1.807, 2.05) is 56.3 Å². The van der Waals surface area contributed by atoms with E-state index in [9.17, 15) is 4.79 Å². The van der Waals surface area contributed by atoms with E-state index in [2.05, 4.69) is 15.9 Å². The van der Waals surface area contributed by atoms with Crippen molar-refractivity contribution in [3.8, 4) is 0 Å². The van der Waals surface area contributed by atoms with Gasteiger partial charge in [0.25, 0.3) is 0 Å². The summed E-state index contributed by atoms with van der Waals surface area (Å²) < 4.78 is 6.52. The second-order valence-electron chi connectivity index (χ2n) is 4.83. The summed E-state index contributed by atoms with van der Waals surface area (Å²) in [6.07, 6.45) is 0. The maximum Gasteiger partial charge on any atom is 0.188 e. The number of carbonyl (C=O) groups is 1. The number of ether oxygens (including phenoxy) is 1. The topological polar surface area (TPSA) is 26.3 Å². The maximum atomic E-state index is 12.1. The Morgan fingerprint density at radius 3 is 2.60 bits per heavy atom. The smallest absolute Gasteiger partial charge is 0.188 e. The van der Waals surface area contributed by atoms with Gasteiger partial charge >= 0.3 is 0 Å². The summed E-state index contributed by atoms with van der Waals surface area (Å²) in [7, 11) is 0. The normalized spacial score (nSPS) is 10.6. The molecule has 0 aliphatic rings. The first-order chi connectivity index (χ1) is 9.58. The molecule has 0 bridgehead atoms. The van der Waals surface area contributed by atoms with Crippen LogP contribution < -0.4 is 0 Å². The van der Waals surface area contributed by atoms with Crippen molar-refractivity contribution in [1.82, 2.24) is 0 Å². The molecule has 0 atom stereocenters. The lowest BCUT2D eigenvalue weighted by atomic mass is 10.0. The molecule has 0 aliphatic carbocycles. The molecule has 0 aromatic heterocycles. The number of Topliss-reactive ketones (excluding diaryl/α,β-unsaturated/α-hetero) is 1. The van der Waals surface area contributed by atoms with Crippen molar-refractivity contribution in [2.45, 2.75) is 20.5 Å². The second-order valence-corrected chi connectivity index (χ2v) is 5.68. The summed E-state index contributed by atoms with van der Waals surface area (Å²) in [5, 5.41) is 0. The third-order valence-electron chi connectivity index (χ3n) is 3.13. The van der Waals surface area contributed by atoms with Gasteiger partial charge in [-0.05, 0) is 31.0 Å². The van der Waals surface area contributed by atoms with Crippen molar-refractivity contribution >= 4 is 21.7 Å². The van der Waals surface area contributed by atoms with Crippen LogP contribution in [0.15, 0.2) is 46.9 Å². The average molecular weight is 333 g/mol. The first kappa shape index (κ1) is 14.9. The van der Waals surface area contributed by atoms with Gasteiger partial charge in [0.05, 0.1) is 6.61 Å². The van der Waals surface area contributed by atoms with Crippen molar-refractivity contribution in [1.29, 1.82) is 0 Å². The number of ketones is 1. The molecule has 2 aromatic carbocycles. The van der Waals surface area contributed by atoms with Gasteiger partial charge in [0.2, 0.25) is 0 Å². The average Bonchev–Trinajstić information content (AvgIpc) is 2.40. The Hall–Kier alpha value is -1.45. The zero-order chi connectivity index (χ0) is 14.5. The highest BCUT2D eigenvalue weighted by molar-refractivity contribution is 9.10. The predicted octanol–water partition coefficient (Wildman–Crippen LogP) is 4.47. The van der Waals surface area contributed by atoms with E-state index in [1.54, 1.807) is 0 Å². The molecule has 2 aromatic rings. The molecule has 0 N–H and O–H groups in total. The number of carbonyl (C=O) groups excluding carboxylic acids is 1. The Labute approximate surface area is 127 Å². The van der Waals surface area contributed by atoms with Gasteiger partial charge < -0.3 is 4.74 Å². The minimum absolute atomic E-state index is 0.0227. The van der Waals surface area contributed by atoms with Crippen molar-refractivity contribution in [3.63, 3.8) is 0 Å². The molecule has 20 heavy (non-hydrogen) atoms. The van der Waals surface area contributed by atoms with Gasteiger partial charge in [-0.3, -0.25) is 4.79 Å². The van der Waals surface area contributed by atoms with E-state index < -0.39 is 0 Å². The number of rotatable bonds is 5.